The van der Waals surface area contributed by atoms with Crippen molar-refractivity contribution in [2.75, 3.05) is 6.61 Å². The Kier molecular flexibility index (Phi) is 4.34. The second-order valence-electron chi connectivity index (χ2n) is 5.44. The number of rotatable bonds is 2. The minimum Gasteiger partial charge on any atom is -0.394 e. The van der Waals surface area contributed by atoms with Gasteiger partial charge in [0.15, 0.2) is 0 Å². The van der Waals surface area contributed by atoms with Crippen LogP contribution in [0, 0.1) is 4.64 Å². The Morgan fingerprint density at radius 1 is 1.25 bits per heavy atom. The number of nitrogens with one attached hydrogen (secondary N) is 1. The van der Waals surface area contributed by atoms with Crippen molar-refractivity contribution in [1.82, 2.24) is 9.97 Å². The van der Waals surface area contributed by atoms with Gasteiger partial charge in [-0.25, -0.2) is 4.98 Å². The Morgan fingerprint density at radius 3 is 2.54 bits per heavy atom. The van der Waals surface area contributed by atoms with Crippen LogP contribution < -0.4 is 0 Å². The third-order valence-electron chi connectivity index (χ3n) is 3.87. The van der Waals surface area contributed by atoms with Crippen LogP contribution in [0.1, 0.15) is 17.4 Å². The first-order chi connectivity index (χ1) is 11.2. The number of halogens is 3. The molecule has 0 aromatic carbocycles. The van der Waals surface area contributed by atoms with Gasteiger partial charge in [0.1, 0.15) is 40.4 Å². The van der Waals surface area contributed by atoms with Gasteiger partial charge in [-0.1, -0.05) is 12.2 Å². The van der Waals surface area contributed by atoms with Crippen LogP contribution in [-0.4, -0.2) is 50.2 Å². The molecule has 0 spiro atoms. The van der Waals surface area contributed by atoms with Crippen molar-refractivity contribution in [3.8, 4) is 0 Å². The standard InChI is InChI=1S/C14H13F3N2O4S/c15-14(16,17)8-2-1-5-3-6(13(24)19-12(5)18-8)11-10(22)9(21)7(4-20)23-11/h1-3,7,9-11,20-22H,4H2,(H,18,19,24). The maximum absolute atomic E-state index is 12.7. The molecule has 2 aromatic heterocycles. The smallest absolute Gasteiger partial charge is 0.394 e. The van der Waals surface area contributed by atoms with E-state index >= 15 is 0 Å². The van der Waals surface area contributed by atoms with Gasteiger partial charge >= 0.3 is 6.18 Å². The Balaban J connectivity index is 2.05. The van der Waals surface area contributed by atoms with E-state index in [9.17, 15) is 23.4 Å². The summed E-state index contributed by atoms with van der Waals surface area (Å²) >= 11 is 5.11. The van der Waals surface area contributed by atoms with Crippen molar-refractivity contribution >= 4 is 23.3 Å². The summed E-state index contributed by atoms with van der Waals surface area (Å²) in [5, 5.41) is 29.3. The number of fused-ring (bicyclic) bond motifs is 1. The van der Waals surface area contributed by atoms with E-state index in [-0.39, 0.29) is 10.3 Å². The molecule has 1 aliphatic heterocycles. The number of aromatic nitrogens is 2. The first-order valence-electron chi connectivity index (χ1n) is 6.96. The number of nitrogens with zero attached hydrogens (tertiary/aromatic N) is 1. The van der Waals surface area contributed by atoms with Crippen LogP contribution >= 0.6 is 12.2 Å². The topological polar surface area (TPSA) is 98.6 Å². The van der Waals surface area contributed by atoms with E-state index in [4.69, 9.17) is 22.1 Å². The van der Waals surface area contributed by atoms with Crippen LogP contribution in [0.25, 0.3) is 11.0 Å². The number of hydrogen-bond donors (Lipinski definition) is 4. The highest BCUT2D eigenvalue weighted by Crippen LogP contribution is 2.35. The molecule has 0 bridgehead atoms. The lowest BCUT2D eigenvalue weighted by atomic mass is 10.0. The Morgan fingerprint density at radius 2 is 1.96 bits per heavy atom. The monoisotopic (exact) mass is 362 g/mol. The summed E-state index contributed by atoms with van der Waals surface area (Å²) in [7, 11) is 0. The number of aromatic amines is 1. The van der Waals surface area contributed by atoms with Crippen LogP contribution in [0.3, 0.4) is 0 Å². The summed E-state index contributed by atoms with van der Waals surface area (Å²) in [4.78, 5) is 6.08. The van der Waals surface area contributed by atoms with Crippen LogP contribution in [0.5, 0.6) is 0 Å². The van der Waals surface area contributed by atoms with Crippen LogP contribution in [0.15, 0.2) is 18.2 Å². The second-order valence-corrected chi connectivity index (χ2v) is 5.85. The molecule has 1 fully saturated rings. The molecule has 3 heterocycles. The van der Waals surface area contributed by atoms with Crippen molar-refractivity contribution in [2.45, 2.75) is 30.6 Å². The number of pyridine rings is 2. The van der Waals surface area contributed by atoms with Gasteiger partial charge in [-0.05, 0) is 18.2 Å². The minimum absolute atomic E-state index is 0.0316. The van der Waals surface area contributed by atoms with Gasteiger partial charge in [-0.15, -0.1) is 0 Å². The van der Waals surface area contributed by atoms with Gasteiger partial charge in [-0.2, -0.15) is 13.2 Å². The van der Waals surface area contributed by atoms with E-state index in [2.05, 4.69) is 9.97 Å². The van der Waals surface area contributed by atoms with Gasteiger partial charge in [0.2, 0.25) is 0 Å². The van der Waals surface area contributed by atoms with Gasteiger partial charge in [-0.3, -0.25) is 0 Å². The third kappa shape index (κ3) is 2.91. The summed E-state index contributed by atoms with van der Waals surface area (Å²) < 4.78 is 43.6. The molecule has 2 aromatic rings. The molecular weight excluding hydrogens is 349 g/mol. The average molecular weight is 362 g/mol. The number of aliphatic hydroxyl groups is 3. The molecule has 130 valence electrons. The van der Waals surface area contributed by atoms with Gasteiger partial charge in [0.05, 0.1) is 6.61 Å². The molecule has 0 radical (unpaired) electrons. The van der Waals surface area contributed by atoms with Crippen molar-refractivity contribution < 1.29 is 33.2 Å². The average Bonchev–Trinajstić information content (AvgIpc) is 2.80. The quantitative estimate of drug-likeness (QED) is 0.604. The van der Waals surface area contributed by atoms with E-state index in [1.165, 1.54) is 12.1 Å². The second kappa shape index (κ2) is 6.05. The molecule has 1 aliphatic rings. The highest BCUT2D eigenvalue weighted by atomic mass is 32.1. The molecule has 0 amide bonds. The summed E-state index contributed by atoms with van der Waals surface area (Å²) in [6.07, 6.45) is -9.17. The van der Waals surface area contributed by atoms with Crippen LogP contribution in [-0.2, 0) is 10.9 Å². The highest BCUT2D eigenvalue weighted by Gasteiger charge is 2.43. The molecular formula is C14H13F3N2O4S. The fourth-order valence-electron chi connectivity index (χ4n) is 2.63. The lowest BCUT2D eigenvalue weighted by Crippen LogP contribution is -2.32. The predicted molar refractivity (Wildman–Crippen MR) is 78.6 cm³/mol. The SMILES string of the molecule is OCC1OC(c2cc3ccc(C(F)(F)F)nc3[nH]c2=S)C(O)C1O. The fourth-order valence-corrected chi connectivity index (χ4v) is 2.90. The lowest BCUT2D eigenvalue weighted by molar-refractivity contribution is -0.141. The van der Waals surface area contributed by atoms with Gasteiger partial charge < -0.3 is 25.0 Å². The maximum Gasteiger partial charge on any atom is 0.433 e. The normalized spacial score (nSPS) is 27.8. The summed E-state index contributed by atoms with van der Waals surface area (Å²) in [5.41, 5.74) is -0.812. The zero-order chi connectivity index (χ0) is 17.6. The largest absolute Gasteiger partial charge is 0.433 e. The molecule has 0 saturated carbocycles. The Hall–Kier alpha value is -1.59. The first kappa shape index (κ1) is 17.2. The number of hydrogen-bond acceptors (Lipinski definition) is 6. The fraction of sp³-hybridized carbons (Fsp3) is 0.429. The van der Waals surface area contributed by atoms with Crippen LogP contribution in [0.2, 0.25) is 0 Å². The van der Waals surface area contributed by atoms with E-state index < -0.39 is 42.9 Å². The molecule has 3 rings (SSSR count). The molecule has 0 aliphatic carbocycles. The predicted octanol–water partition coefficient (Wildman–Crippen LogP) is 1.47. The van der Waals surface area contributed by atoms with Crippen molar-refractivity contribution in [3.63, 3.8) is 0 Å². The molecule has 24 heavy (non-hydrogen) atoms. The summed E-state index contributed by atoms with van der Waals surface area (Å²) in [6.45, 7) is -0.491. The van der Waals surface area contributed by atoms with Gasteiger partial charge in [0.25, 0.3) is 0 Å². The minimum atomic E-state index is -4.58. The Labute approximate surface area is 138 Å². The lowest BCUT2D eigenvalue weighted by Gasteiger charge is -2.16. The molecule has 4 N–H and O–H groups in total. The summed E-state index contributed by atoms with van der Waals surface area (Å²) in [6, 6.07) is 3.50. The molecule has 4 unspecified atom stereocenters. The molecule has 6 nitrogen and oxygen atoms in total. The third-order valence-corrected chi connectivity index (χ3v) is 4.21. The number of aliphatic hydroxyl groups excluding tert-OH is 3. The highest BCUT2D eigenvalue weighted by molar-refractivity contribution is 7.71. The zero-order valence-corrected chi connectivity index (χ0v) is 12.8. The van der Waals surface area contributed by atoms with E-state index in [1.807, 2.05) is 0 Å². The Bertz CT molecular complexity index is 826. The van der Waals surface area contributed by atoms with E-state index in [1.54, 1.807) is 0 Å². The molecule has 10 heteroatoms. The summed E-state index contributed by atoms with van der Waals surface area (Å²) in [5.74, 6) is 0. The first-order valence-corrected chi connectivity index (χ1v) is 7.37. The molecule has 4 atom stereocenters. The van der Waals surface area contributed by atoms with E-state index in [0.717, 1.165) is 6.07 Å². The number of ether oxygens (including phenoxy) is 1. The van der Waals surface area contributed by atoms with E-state index in [0.29, 0.717) is 10.9 Å². The zero-order valence-electron chi connectivity index (χ0n) is 12.0. The van der Waals surface area contributed by atoms with Crippen molar-refractivity contribution in [2.24, 2.45) is 0 Å². The van der Waals surface area contributed by atoms with Crippen molar-refractivity contribution in [3.05, 3.63) is 34.1 Å². The van der Waals surface area contributed by atoms with Gasteiger partial charge in [0, 0.05) is 10.9 Å². The van der Waals surface area contributed by atoms with Crippen molar-refractivity contribution in [1.29, 1.82) is 0 Å². The molecule has 1 saturated heterocycles. The number of H-pyrrole nitrogens is 1. The maximum atomic E-state index is 12.7. The number of alkyl halides is 3. The van der Waals surface area contributed by atoms with Crippen LogP contribution in [0.4, 0.5) is 13.2 Å².